The molecule has 0 aliphatic carbocycles. The van der Waals surface area contributed by atoms with Crippen LogP contribution in [0.25, 0.3) is 0 Å². The molecule has 0 bridgehead atoms. The van der Waals surface area contributed by atoms with Crippen LogP contribution in [0.2, 0.25) is 0 Å². The Bertz CT molecular complexity index is 354. The van der Waals surface area contributed by atoms with Crippen molar-refractivity contribution in [3.05, 3.63) is 28.2 Å². The molecule has 3 heteroatoms. The van der Waals surface area contributed by atoms with Gasteiger partial charge in [0.05, 0.1) is 11.6 Å². The third-order valence-electron chi connectivity index (χ3n) is 3.16. The molecule has 0 aromatic heterocycles. The van der Waals surface area contributed by atoms with Gasteiger partial charge in [0.25, 0.3) is 0 Å². The maximum Gasteiger partial charge on any atom is 0.133 e. The summed E-state index contributed by atoms with van der Waals surface area (Å²) in [6.45, 7) is 5.53. The molecular formula is C15H24BrNO. The molecule has 0 aliphatic rings. The van der Waals surface area contributed by atoms with E-state index in [1.807, 2.05) is 6.07 Å². The number of methoxy groups -OCH3 is 1. The minimum absolute atomic E-state index is 0.383. The normalized spacial score (nSPS) is 12.4. The van der Waals surface area contributed by atoms with E-state index < -0.39 is 0 Å². The smallest absolute Gasteiger partial charge is 0.133 e. The van der Waals surface area contributed by atoms with Gasteiger partial charge in [-0.05, 0) is 53.5 Å². The highest BCUT2D eigenvalue weighted by molar-refractivity contribution is 9.10. The minimum Gasteiger partial charge on any atom is -0.496 e. The zero-order valence-electron chi connectivity index (χ0n) is 11.6. The molecule has 0 fully saturated rings. The minimum atomic E-state index is 0.383. The second-order valence-corrected chi connectivity index (χ2v) is 5.48. The van der Waals surface area contributed by atoms with E-state index in [2.05, 4.69) is 47.2 Å². The second-order valence-electron chi connectivity index (χ2n) is 4.63. The number of hydrogen-bond acceptors (Lipinski definition) is 2. The molecule has 1 aromatic rings. The molecule has 1 N–H and O–H groups in total. The summed E-state index contributed by atoms with van der Waals surface area (Å²) in [5.41, 5.74) is 1.29. The lowest BCUT2D eigenvalue weighted by Crippen LogP contribution is -2.19. The molecule has 0 saturated carbocycles. The van der Waals surface area contributed by atoms with Crippen LogP contribution in [0.4, 0.5) is 0 Å². The van der Waals surface area contributed by atoms with Gasteiger partial charge in [0.15, 0.2) is 0 Å². The van der Waals surface area contributed by atoms with Crippen LogP contribution in [0.3, 0.4) is 0 Å². The molecule has 1 rings (SSSR count). The molecule has 0 heterocycles. The fourth-order valence-electron chi connectivity index (χ4n) is 1.94. The molecule has 1 aromatic carbocycles. The van der Waals surface area contributed by atoms with Crippen LogP contribution < -0.4 is 10.1 Å². The average Bonchev–Trinajstić information content (AvgIpc) is 2.38. The summed E-state index contributed by atoms with van der Waals surface area (Å²) < 4.78 is 6.25. The summed E-state index contributed by atoms with van der Waals surface area (Å²) in [5, 5.41) is 3.56. The topological polar surface area (TPSA) is 21.3 Å². The van der Waals surface area contributed by atoms with Crippen molar-refractivity contribution in [1.29, 1.82) is 0 Å². The lowest BCUT2D eigenvalue weighted by molar-refractivity contribution is 0.411. The SMILES string of the molecule is CCCCCCNC(C)c1ccc(OC)c(Br)c1. The van der Waals surface area contributed by atoms with E-state index in [-0.39, 0.29) is 0 Å². The predicted octanol–water partition coefficient (Wildman–Crippen LogP) is 4.69. The van der Waals surface area contributed by atoms with Crippen molar-refractivity contribution < 1.29 is 4.74 Å². The Morgan fingerprint density at radius 2 is 2.06 bits per heavy atom. The average molecular weight is 314 g/mol. The molecule has 1 unspecified atom stereocenters. The van der Waals surface area contributed by atoms with E-state index in [1.165, 1.54) is 31.2 Å². The van der Waals surface area contributed by atoms with Gasteiger partial charge in [-0.3, -0.25) is 0 Å². The number of nitrogens with one attached hydrogen (secondary N) is 1. The Balaban J connectivity index is 2.41. The fourth-order valence-corrected chi connectivity index (χ4v) is 2.50. The van der Waals surface area contributed by atoms with Crippen LogP contribution in [0.15, 0.2) is 22.7 Å². The number of halogens is 1. The van der Waals surface area contributed by atoms with Crippen molar-refractivity contribution in [3.8, 4) is 5.75 Å². The van der Waals surface area contributed by atoms with Crippen LogP contribution >= 0.6 is 15.9 Å². The molecule has 0 aliphatic heterocycles. The van der Waals surface area contributed by atoms with Gasteiger partial charge in [-0.15, -0.1) is 0 Å². The first-order valence-corrected chi connectivity index (χ1v) is 7.55. The van der Waals surface area contributed by atoms with Crippen molar-refractivity contribution >= 4 is 15.9 Å². The Hall–Kier alpha value is -0.540. The van der Waals surface area contributed by atoms with Gasteiger partial charge >= 0.3 is 0 Å². The molecule has 0 radical (unpaired) electrons. The first-order chi connectivity index (χ1) is 8.69. The van der Waals surface area contributed by atoms with E-state index >= 15 is 0 Å². The Morgan fingerprint density at radius 1 is 1.28 bits per heavy atom. The lowest BCUT2D eigenvalue weighted by Gasteiger charge is -2.15. The highest BCUT2D eigenvalue weighted by Crippen LogP contribution is 2.27. The third-order valence-corrected chi connectivity index (χ3v) is 3.78. The van der Waals surface area contributed by atoms with Gasteiger partial charge in [0, 0.05) is 6.04 Å². The molecule has 0 amide bonds. The van der Waals surface area contributed by atoms with Crippen molar-refractivity contribution in [2.75, 3.05) is 13.7 Å². The summed E-state index contributed by atoms with van der Waals surface area (Å²) in [6, 6.07) is 6.64. The van der Waals surface area contributed by atoms with E-state index in [9.17, 15) is 0 Å². The summed E-state index contributed by atoms with van der Waals surface area (Å²) in [4.78, 5) is 0. The van der Waals surface area contributed by atoms with Crippen LogP contribution in [0.5, 0.6) is 5.75 Å². The zero-order valence-corrected chi connectivity index (χ0v) is 13.2. The maximum atomic E-state index is 5.24. The van der Waals surface area contributed by atoms with Gasteiger partial charge in [0.2, 0.25) is 0 Å². The summed E-state index contributed by atoms with van der Waals surface area (Å²) in [5.74, 6) is 0.883. The van der Waals surface area contributed by atoms with Gasteiger partial charge in [-0.2, -0.15) is 0 Å². The molecule has 102 valence electrons. The lowest BCUT2D eigenvalue weighted by atomic mass is 10.1. The Labute approximate surface area is 119 Å². The third kappa shape index (κ3) is 4.99. The van der Waals surface area contributed by atoms with Crippen molar-refractivity contribution in [2.24, 2.45) is 0 Å². The summed E-state index contributed by atoms with van der Waals surface area (Å²) in [7, 11) is 1.69. The van der Waals surface area contributed by atoms with Crippen LogP contribution in [0, 0.1) is 0 Å². The second kappa shape index (κ2) is 8.54. The van der Waals surface area contributed by atoms with E-state index in [0.717, 1.165) is 16.8 Å². The van der Waals surface area contributed by atoms with Gasteiger partial charge in [-0.25, -0.2) is 0 Å². The van der Waals surface area contributed by atoms with Gasteiger partial charge in [0.1, 0.15) is 5.75 Å². The number of rotatable bonds is 8. The Kier molecular flexibility index (Phi) is 7.36. The maximum absolute atomic E-state index is 5.24. The van der Waals surface area contributed by atoms with E-state index in [1.54, 1.807) is 7.11 Å². The van der Waals surface area contributed by atoms with E-state index in [0.29, 0.717) is 6.04 Å². The summed E-state index contributed by atoms with van der Waals surface area (Å²) in [6.07, 6.45) is 5.21. The predicted molar refractivity (Wildman–Crippen MR) is 81.3 cm³/mol. The Morgan fingerprint density at radius 3 is 2.67 bits per heavy atom. The van der Waals surface area contributed by atoms with Crippen LogP contribution in [-0.2, 0) is 0 Å². The largest absolute Gasteiger partial charge is 0.496 e. The number of unbranched alkanes of at least 4 members (excludes halogenated alkanes) is 3. The first-order valence-electron chi connectivity index (χ1n) is 6.75. The zero-order chi connectivity index (χ0) is 13.4. The van der Waals surface area contributed by atoms with E-state index in [4.69, 9.17) is 4.74 Å². The highest BCUT2D eigenvalue weighted by atomic mass is 79.9. The fraction of sp³-hybridized carbons (Fsp3) is 0.600. The van der Waals surface area contributed by atoms with Crippen LogP contribution in [0.1, 0.15) is 51.1 Å². The molecular weight excluding hydrogens is 290 g/mol. The molecule has 1 atom stereocenters. The van der Waals surface area contributed by atoms with Gasteiger partial charge in [-0.1, -0.05) is 32.3 Å². The molecule has 2 nitrogen and oxygen atoms in total. The van der Waals surface area contributed by atoms with Crippen molar-refractivity contribution in [1.82, 2.24) is 5.32 Å². The first kappa shape index (κ1) is 15.5. The quantitative estimate of drug-likeness (QED) is 0.703. The standard InChI is InChI=1S/C15H24BrNO/c1-4-5-6-7-10-17-12(2)13-8-9-15(18-3)14(16)11-13/h8-9,11-12,17H,4-7,10H2,1-3H3. The van der Waals surface area contributed by atoms with Gasteiger partial charge < -0.3 is 10.1 Å². The van der Waals surface area contributed by atoms with Crippen molar-refractivity contribution in [3.63, 3.8) is 0 Å². The summed E-state index contributed by atoms with van der Waals surface area (Å²) >= 11 is 3.53. The number of hydrogen-bond donors (Lipinski definition) is 1. The molecule has 0 spiro atoms. The van der Waals surface area contributed by atoms with Crippen molar-refractivity contribution in [2.45, 2.75) is 45.6 Å². The highest BCUT2D eigenvalue weighted by Gasteiger charge is 2.07. The molecule has 0 saturated heterocycles. The number of benzene rings is 1. The molecule has 18 heavy (non-hydrogen) atoms. The van der Waals surface area contributed by atoms with Crippen LogP contribution in [-0.4, -0.2) is 13.7 Å². The monoisotopic (exact) mass is 313 g/mol. The number of ether oxygens (including phenoxy) is 1.